The van der Waals surface area contributed by atoms with Gasteiger partial charge in [-0.2, -0.15) is 5.10 Å². The van der Waals surface area contributed by atoms with Crippen LogP contribution in [0.2, 0.25) is 0 Å². The molecule has 1 saturated heterocycles. The lowest BCUT2D eigenvalue weighted by Crippen LogP contribution is -2.40. The first-order valence-corrected chi connectivity index (χ1v) is 6.27. The normalized spacial score (nSPS) is 28.2. The van der Waals surface area contributed by atoms with E-state index in [0.717, 1.165) is 31.4 Å². The van der Waals surface area contributed by atoms with Crippen LogP contribution in [-0.4, -0.2) is 37.6 Å². The summed E-state index contributed by atoms with van der Waals surface area (Å²) >= 11 is 3.73. The van der Waals surface area contributed by atoms with Gasteiger partial charge in [0.1, 0.15) is 12.2 Å². The maximum atomic E-state index is 4.25. The molecule has 2 atom stereocenters. The van der Waals surface area contributed by atoms with Gasteiger partial charge in [-0.05, 0) is 18.9 Å². The first kappa shape index (κ1) is 11.1. The molecule has 1 aromatic rings. The zero-order valence-corrected chi connectivity index (χ0v) is 10.8. The minimum atomic E-state index is 0.611. The first-order chi connectivity index (χ1) is 7.16. The van der Waals surface area contributed by atoms with Crippen molar-refractivity contribution in [2.24, 2.45) is 13.0 Å². The van der Waals surface area contributed by atoms with E-state index >= 15 is 0 Å². The van der Waals surface area contributed by atoms with Crippen LogP contribution in [-0.2, 0) is 13.6 Å². The fourth-order valence-electron chi connectivity index (χ4n) is 1.89. The van der Waals surface area contributed by atoms with Crippen molar-refractivity contribution < 1.29 is 0 Å². The highest BCUT2D eigenvalue weighted by Gasteiger charge is 2.24. The third-order valence-corrected chi connectivity index (χ3v) is 4.31. The van der Waals surface area contributed by atoms with Crippen LogP contribution in [0, 0.1) is 5.92 Å². The molecule has 0 N–H and O–H groups in total. The van der Waals surface area contributed by atoms with Crippen LogP contribution < -0.4 is 0 Å². The molecule has 0 spiro atoms. The third-order valence-electron chi connectivity index (χ3n) is 3.12. The van der Waals surface area contributed by atoms with Gasteiger partial charge < -0.3 is 0 Å². The van der Waals surface area contributed by atoms with E-state index in [-0.39, 0.29) is 0 Å². The lowest BCUT2D eigenvalue weighted by Gasteiger charge is -2.33. The number of nitrogens with zero attached hydrogens (tertiary/aromatic N) is 4. The fourth-order valence-corrected chi connectivity index (χ4v) is 2.57. The van der Waals surface area contributed by atoms with Crippen molar-refractivity contribution in [3.8, 4) is 0 Å². The Morgan fingerprint density at radius 2 is 2.40 bits per heavy atom. The Bertz CT molecular complexity index is 325. The molecule has 0 radical (unpaired) electrons. The predicted molar refractivity (Wildman–Crippen MR) is 62.8 cm³/mol. The Balaban J connectivity index is 1.94. The van der Waals surface area contributed by atoms with Crippen molar-refractivity contribution in [3.05, 3.63) is 12.2 Å². The summed E-state index contributed by atoms with van der Waals surface area (Å²) in [6, 6.07) is 0. The van der Waals surface area contributed by atoms with Crippen LogP contribution in [0.3, 0.4) is 0 Å². The number of aryl methyl sites for hydroxylation is 1. The van der Waals surface area contributed by atoms with Crippen molar-refractivity contribution >= 4 is 15.9 Å². The third kappa shape index (κ3) is 2.58. The zero-order valence-electron chi connectivity index (χ0n) is 9.23. The van der Waals surface area contributed by atoms with E-state index in [1.165, 1.54) is 6.42 Å². The molecule has 1 fully saturated rings. The molecular weight excluding hydrogens is 256 g/mol. The lowest BCUT2D eigenvalue weighted by molar-refractivity contribution is 0.188. The van der Waals surface area contributed by atoms with Crippen LogP contribution in [0.5, 0.6) is 0 Å². The van der Waals surface area contributed by atoms with Gasteiger partial charge in [0.2, 0.25) is 0 Å². The second-order valence-electron chi connectivity index (χ2n) is 4.32. The van der Waals surface area contributed by atoms with Crippen LogP contribution >= 0.6 is 15.9 Å². The second kappa shape index (κ2) is 4.61. The van der Waals surface area contributed by atoms with Gasteiger partial charge in [0, 0.05) is 18.4 Å². The molecule has 0 bridgehead atoms. The van der Waals surface area contributed by atoms with Gasteiger partial charge in [0.25, 0.3) is 0 Å². The summed E-state index contributed by atoms with van der Waals surface area (Å²) in [6.07, 6.45) is 2.88. The highest BCUT2D eigenvalue weighted by atomic mass is 79.9. The lowest BCUT2D eigenvalue weighted by atomic mass is 9.99. The standard InChI is InChI=1S/C10H17BrN4/c1-8-3-4-15(5-9(8)11)6-10-12-7-13-14(10)2/h7-9H,3-6H2,1-2H3. The Morgan fingerprint density at radius 3 is 3.00 bits per heavy atom. The summed E-state index contributed by atoms with van der Waals surface area (Å²) in [7, 11) is 1.94. The van der Waals surface area contributed by atoms with E-state index in [4.69, 9.17) is 0 Å². The van der Waals surface area contributed by atoms with E-state index in [1.807, 2.05) is 11.7 Å². The average Bonchev–Trinajstić information content (AvgIpc) is 2.59. The molecule has 2 unspecified atom stereocenters. The topological polar surface area (TPSA) is 34.0 Å². The molecule has 15 heavy (non-hydrogen) atoms. The number of hydrogen-bond acceptors (Lipinski definition) is 3. The second-order valence-corrected chi connectivity index (χ2v) is 5.49. The molecule has 2 rings (SSSR count). The van der Waals surface area contributed by atoms with Gasteiger partial charge in [0.15, 0.2) is 0 Å². The van der Waals surface area contributed by atoms with Crippen LogP contribution in [0.25, 0.3) is 0 Å². The SMILES string of the molecule is CC1CCN(Cc2ncnn2C)CC1Br. The van der Waals surface area contributed by atoms with Gasteiger partial charge >= 0.3 is 0 Å². The summed E-state index contributed by atoms with van der Waals surface area (Å²) in [5.41, 5.74) is 0. The minimum Gasteiger partial charge on any atom is -0.295 e. The molecule has 0 aromatic carbocycles. The predicted octanol–water partition coefficient (Wildman–Crippen LogP) is 1.42. The quantitative estimate of drug-likeness (QED) is 0.764. The average molecular weight is 273 g/mol. The number of halogens is 1. The highest BCUT2D eigenvalue weighted by molar-refractivity contribution is 9.09. The Kier molecular flexibility index (Phi) is 3.41. The monoisotopic (exact) mass is 272 g/mol. The number of likely N-dealkylation sites (tertiary alicyclic amines) is 1. The van der Waals surface area contributed by atoms with E-state index < -0.39 is 0 Å². The Labute approximate surface area is 98.8 Å². The van der Waals surface area contributed by atoms with Crippen molar-refractivity contribution in [2.75, 3.05) is 13.1 Å². The van der Waals surface area contributed by atoms with E-state index in [0.29, 0.717) is 4.83 Å². The van der Waals surface area contributed by atoms with Crippen molar-refractivity contribution in [1.29, 1.82) is 0 Å². The molecular formula is C10H17BrN4. The van der Waals surface area contributed by atoms with Gasteiger partial charge in [-0.25, -0.2) is 4.98 Å². The summed E-state index contributed by atoms with van der Waals surface area (Å²) in [4.78, 5) is 7.29. The van der Waals surface area contributed by atoms with E-state index in [1.54, 1.807) is 6.33 Å². The summed E-state index contributed by atoms with van der Waals surface area (Å²) in [5, 5.41) is 4.08. The molecule has 84 valence electrons. The molecule has 4 nitrogen and oxygen atoms in total. The van der Waals surface area contributed by atoms with Gasteiger partial charge in [-0.15, -0.1) is 0 Å². The number of piperidine rings is 1. The van der Waals surface area contributed by atoms with Gasteiger partial charge in [0.05, 0.1) is 6.54 Å². The minimum absolute atomic E-state index is 0.611. The Morgan fingerprint density at radius 1 is 1.60 bits per heavy atom. The molecule has 2 heterocycles. The maximum Gasteiger partial charge on any atom is 0.140 e. The molecule has 0 saturated carbocycles. The van der Waals surface area contributed by atoms with Gasteiger partial charge in [-0.1, -0.05) is 22.9 Å². The zero-order chi connectivity index (χ0) is 10.8. The van der Waals surface area contributed by atoms with Crippen molar-refractivity contribution in [1.82, 2.24) is 19.7 Å². The first-order valence-electron chi connectivity index (χ1n) is 5.36. The van der Waals surface area contributed by atoms with E-state index in [9.17, 15) is 0 Å². The number of alkyl halides is 1. The molecule has 5 heteroatoms. The smallest absolute Gasteiger partial charge is 0.140 e. The number of aromatic nitrogens is 3. The largest absolute Gasteiger partial charge is 0.295 e. The number of hydrogen-bond donors (Lipinski definition) is 0. The maximum absolute atomic E-state index is 4.25. The van der Waals surface area contributed by atoms with Crippen molar-refractivity contribution in [2.45, 2.75) is 24.7 Å². The molecule has 0 amide bonds. The van der Waals surface area contributed by atoms with Crippen LogP contribution in [0.1, 0.15) is 19.2 Å². The summed E-state index contributed by atoms with van der Waals surface area (Å²) < 4.78 is 1.85. The molecule has 0 aliphatic carbocycles. The Hall–Kier alpha value is -0.420. The fraction of sp³-hybridized carbons (Fsp3) is 0.800. The van der Waals surface area contributed by atoms with Crippen LogP contribution in [0.4, 0.5) is 0 Å². The summed E-state index contributed by atoms with van der Waals surface area (Å²) in [6.45, 7) is 5.48. The van der Waals surface area contributed by atoms with Crippen molar-refractivity contribution in [3.63, 3.8) is 0 Å². The molecule has 1 aliphatic rings. The highest BCUT2D eigenvalue weighted by Crippen LogP contribution is 2.23. The van der Waals surface area contributed by atoms with Gasteiger partial charge in [-0.3, -0.25) is 9.58 Å². The van der Waals surface area contributed by atoms with Crippen LogP contribution in [0.15, 0.2) is 6.33 Å². The van der Waals surface area contributed by atoms with E-state index in [2.05, 4.69) is 37.8 Å². The molecule has 1 aromatic heterocycles. The molecule has 1 aliphatic heterocycles. The summed E-state index contributed by atoms with van der Waals surface area (Å²) in [5.74, 6) is 1.82. The number of rotatable bonds is 2.